The van der Waals surface area contributed by atoms with Crippen LogP contribution in [0.4, 0.5) is 10.8 Å². The zero-order valence-corrected chi connectivity index (χ0v) is 15.1. The van der Waals surface area contributed by atoms with Gasteiger partial charge in [0.05, 0.1) is 28.8 Å². The number of nitrogens with zero attached hydrogens (tertiary/aromatic N) is 2. The van der Waals surface area contributed by atoms with E-state index in [1.807, 2.05) is 13.0 Å². The summed E-state index contributed by atoms with van der Waals surface area (Å²) in [6.07, 6.45) is 6.84. The smallest absolute Gasteiger partial charge is 0.267 e. The maximum atomic E-state index is 12.4. The molecule has 3 rings (SSSR count). The van der Waals surface area contributed by atoms with Gasteiger partial charge in [-0.3, -0.25) is 4.79 Å². The molecule has 0 saturated heterocycles. The Labute approximate surface area is 153 Å². The number of hydrogen-bond acceptors (Lipinski definition) is 5. The van der Waals surface area contributed by atoms with Crippen LogP contribution in [-0.4, -0.2) is 15.9 Å². The number of carbonyl (C=O) groups is 1. The number of allylic oxidation sites excluding steroid dienone is 3. The molecule has 0 aliphatic heterocycles. The molecule has 5 nitrogen and oxygen atoms in total. The van der Waals surface area contributed by atoms with Crippen LogP contribution in [0.2, 0.25) is 5.15 Å². The number of pyridine rings is 1. The van der Waals surface area contributed by atoms with Crippen LogP contribution >= 0.6 is 34.5 Å². The van der Waals surface area contributed by atoms with Crippen LogP contribution in [0.25, 0.3) is 0 Å². The first-order valence-electron chi connectivity index (χ1n) is 7.24. The average molecular weight is 381 g/mol. The van der Waals surface area contributed by atoms with Gasteiger partial charge in [-0.1, -0.05) is 40.6 Å². The molecule has 124 valence electrons. The summed E-state index contributed by atoms with van der Waals surface area (Å²) in [4.78, 5) is 21.1. The van der Waals surface area contributed by atoms with Gasteiger partial charge in [-0.15, -0.1) is 0 Å². The molecule has 0 atom stereocenters. The van der Waals surface area contributed by atoms with E-state index in [0.29, 0.717) is 25.9 Å². The van der Waals surface area contributed by atoms with Crippen LogP contribution in [0.5, 0.6) is 0 Å². The number of thiazole rings is 1. The topological polar surface area (TPSA) is 66.9 Å². The lowest BCUT2D eigenvalue weighted by Crippen LogP contribution is -2.24. The number of hydrogen-bond donors (Lipinski definition) is 2. The molecule has 0 spiro atoms. The maximum absolute atomic E-state index is 12.4. The Hall–Kier alpha value is -1.89. The van der Waals surface area contributed by atoms with Crippen molar-refractivity contribution in [2.24, 2.45) is 0 Å². The number of nitrogens with one attached hydrogen (secondary N) is 2. The third-order valence-electron chi connectivity index (χ3n) is 3.46. The van der Waals surface area contributed by atoms with Crippen LogP contribution in [0.3, 0.4) is 0 Å². The first-order valence-corrected chi connectivity index (χ1v) is 8.81. The predicted molar refractivity (Wildman–Crippen MR) is 98.0 cm³/mol. The third kappa shape index (κ3) is 3.95. The normalized spacial score (nSPS) is 14.4. The van der Waals surface area contributed by atoms with Gasteiger partial charge in [0.1, 0.15) is 10.0 Å². The van der Waals surface area contributed by atoms with Crippen molar-refractivity contribution < 1.29 is 4.79 Å². The van der Waals surface area contributed by atoms with Crippen LogP contribution in [0, 0.1) is 0 Å². The highest BCUT2D eigenvalue weighted by atomic mass is 35.5. The molecule has 0 aromatic carbocycles. The fourth-order valence-electron chi connectivity index (χ4n) is 2.20. The molecule has 2 N–H and O–H groups in total. The summed E-state index contributed by atoms with van der Waals surface area (Å²) in [6.45, 7) is 1.97. The first-order chi connectivity index (χ1) is 11.5. The number of amides is 1. The van der Waals surface area contributed by atoms with E-state index < -0.39 is 0 Å². The van der Waals surface area contributed by atoms with Gasteiger partial charge in [-0.25, -0.2) is 9.97 Å². The lowest BCUT2D eigenvalue weighted by molar-refractivity contribution is 0.0970. The number of aromatic nitrogens is 2. The van der Waals surface area contributed by atoms with E-state index in [1.54, 1.807) is 18.3 Å². The fourth-order valence-corrected chi connectivity index (χ4v) is 3.36. The highest BCUT2D eigenvalue weighted by Crippen LogP contribution is 2.27. The molecule has 8 heteroatoms. The third-order valence-corrected chi connectivity index (χ3v) is 4.93. The van der Waals surface area contributed by atoms with E-state index in [-0.39, 0.29) is 5.91 Å². The molecule has 2 heterocycles. The molecule has 0 bridgehead atoms. The first kappa shape index (κ1) is 17.0. The molecule has 0 unspecified atom stereocenters. The summed E-state index contributed by atoms with van der Waals surface area (Å²) in [5.41, 5.74) is 2.51. The Morgan fingerprint density at radius 3 is 2.79 bits per heavy atom. The van der Waals surface area contributed by atoms with Crippen LogP contribution in [0.15, 0.2) is 46.9 Å². The van der Waals surface area contributed by atoms with Crippen molar-refractivity contribution in [3.8, 4) is 0 Å². The second-order valence-corrected chi connectivity index (χ2v) is 7.05. The minimum absolute atomic E-state index is 0.224. The van der Waals surface area contributed by atoms with Gasteiger partial charge in [-0.2, -0.15) is 0 Å². The Kier molecular flexibility index (Phi) is 5.18. The SMILES string of the molecule is CC1=C(NC(=O)c2cnc(Nc3ccc(Cl)nc3)s2)C(Cl)=CCC1. The van der Waals surface area contributed by atoms with Crippen molar-refractivity contribution in [3.05, 3.63) is 56.9 Å². The largest absolute Gasteiger partial charge is 0.330 e. The summed E-state index contributed by atoms with van der Waals surface area (Å²) < 4.78 is 0. The Morgan fingerprint density at radius 2 is 2.08 bits per heavy atom. The lowest BCUT2D eigenvalue weighted by atomic mass is 10.0. The molecular weight excluding hydrogens is 367 g/mol. The number of halogens is 2. The van der Waals surface area contributed by atoms with Gasteiger partial charge in [0.15, 0.2) is 5.13 Å². The van der Waals surface area contributed by atoms with Gasteiger partial charge >= 0.3 is 0 Å². The van der Waals surface area contributed by atoms with E-state index in [2.05, 4.69) is 20.6 Å². The van der Waals surface area contributed by atoms with E-state index in [9.17, 15) is 4.79 Å². The van der Waals surface area contributed by atoms with E-state index >= 15 is 0 Å². The predicted octanol–water partition coefficient (Wildman–Crippen LogP) is 4.86. The number of rotatable bonds is 4. The van der Waals surface area contributed by atoms with Crippen LogP contribution in [-0.2, 0) is 0 Å². The number of carbonyl (C=O) groups excluding carboxylic acids is 1. The zero-order valence-electron chi connectivity index (χ0n) is 12.8. The molecular formula is C16H14Cl2N4OS. The summed E-state index contributed by atoms with van der Waals surface area (Å²) in [5, 5.41) is 7.56. The van der Waals surface area contributed by atoms with E-state index in [4.69, 9.17) is 23.2 Å². The van der Waals surface area contributed by atoms with Crippen molar-refractivity contribution in [2.75, 3.05) is 5.32 Å². The van der Waals surface area contributed by atoms with E-state index in [0.717, 1.165) is 24.1 Å². The minimum atomic E-state index is -0.224. The van der Waals surface area contributed by atoms with E-state index in [1.165, 1.54) is 17.5 Å². The number of anilines is 2. The Bertz CT molecular complexity index is 827. The van der Waals surface area contributed by atoms with Crippen molar-refractivity contribution in [3.63, 3.8) is 0 Å². The molecule has 0 saturated carbocycles. The van der Waals surface area contributed by atoms with Gasteiger partial charge in [-0.05, 0) is 37.5 Å². The molecule has 2 aromatic heterocycles. The standard InChI is InChI=1S/C16H14Cl2N4OS/c1-9-3-2-4-11(17)14(9)22-15(23)12-8-20-16(24-12)21-10-5-6-13(18)19-7-10/h4-8H,2-3H2,1H3,(H,20,21)(H,22,23). The maximum Gasteiger partial charge on any atom is 0.267 e. The second kappa shape index (κ2) is 7.34. The van der Waals surface area contributed by atoms with Crippen LogP contribution in [0.1, 0.15) is 29.4 Å². The molecule has 1 aliphatic carbocycles. The molecule has 1 amide bonds. The molecule has 0 fully saturated rings. The summed E-state index contributed by atoms with van der Waals surface area (Å²) in [5.74, 6) is -0.224. The van der Waals surface area contributed by atoms with Crippen molar-refractivity contribution in [1.29, 1.82) is 0 Å². The quantitative estimate of drug-likeness (QED) is 0.743. The molecule has 2 aromatic rings. The zero-order chi connectivity index (χ0) is 17.1. The second-order valence-electron chi connectivity index (χ2n) is 5.22. The molecule has 1 aliphatic rings. The Balaban J connectivity index is 1.70. The van der Waals surface area contributed by atoms with Crippen LogP contribution < -0.4 is 10.6 Å². The molecule has 24 heavy (non-hydrogen) atoms. The van der Waals surface area contributed by atoms with Gasteiger partial charge < -0.3 is 10.6 Å². The van der Waals surface area contributed by atoms with Gasteiger partial charge in [0.25, 0.3) is 5.91 Å². The molecule has 0 radical (unpaired) electrons. The summed E-state index contributed by atoms with van der Waals surface area (Å²) >= 11 is 13.2. The van der Waals surface area contributed by atoms with Crippen molar-refractivity contribution in [2.45, 2.75) is 19.8 Å². The highest BCUT2D eigenvalue weighted by molar-refractivity contribution is 7.17. The van der Waals surface area contributed by atoms with Gasteiger partial charge in [0, 0.05) is 0 Å². The highest BCUT2D eigenvalue weighted by Gasteiger charge is 2.17. The van der Waals surface area contributed by atoms with Gasteiger partial charge in [0.2, 0.25) is 0 Å². The lowest BCUT2D eigenvalue weighted by Gasteiger charge is -2.16. The average Bonchev–Trinajstić information content (AvgIpc) is 3.02. The minimum Gasteiger partial charge on any atom is -0.330 e. The fraction of sp³-hybridized carbons (Fsp3) is 0.188. The summed E-state index contributed by atoms with van der Waals surface area (Å²) in [6, 6.07) is 3.47. The Morgan fingerprint density at radius 1 is 1.25 bits per heavy atom. The van der Waals surface area contributed by atoms with Crippen molar-refractivity contribution in [1.82, 2.24) is 15.3 Å². The van der Waals surface area contributed by atoms with Crippen molar-refractivity contribution >= 4 is 51.3 Å². The monoisotopic (exact) mass is 380 g/mol. The summed E-state index contributed by atoms with van der Waals surface area (Å²) in [7, 11) is 0.